The van der Waals surface area contributed by atoms with E-state index in [1.807, 2.05) is 31.2 Å². The van der Waals surface area contributed by atoms with E-state index in [2.05, 4.69) is 26.5 Å². The minimum atomic E-state index is -0.218. The first-order chi connectivity index (χ1) is 12.6. The summed E-state index contributed by atoms with van der Waals surface area (Å²) in [6.45, 7) is 4.32. The standard InChI is InChI=1S/C18H19Cl2N5O/c1-12(26-16-5-3-2-4-13(16)6-7-21)25-9-8-22-11-15(25)14-10-17(19)23-24-18(14)20/h2-5,10,12,15,22H,6,8-9,11H2,1H3. The number of nitrogens with one attached hydrogen (secondary N) is 1. The number of para-hydroxylation sites is 1. The van der Waals surface area contributed by atoms with Gasteiger partial charge in [-0.2, -0.15) is 5.26 Å². The third kappa shape index (κ3) is 4.25. The number of aromatic nitrogens is 2. The summed E-state index contributed by atoms with van der Waals surface area (Å²) in [5, 5.41) is 20.7. The molecule has 2 aromatic rings. The zero-order chi connectivity index (χ0) is 18.5. The van der Waals surface area contributed by atoms with E-state index in [0.29, 0.717) is 23.3 Å². The van der Waals surface area contributed by atoms with Crippen LogP contribution in [-0.2, 0) is 6.42 Å². The van der Waals surface area contributed by atoms with Crippen LogP contribution in [0.3, 0.4) is 0 Å². The van der Waals surface area contributed by atoms with Gasteiger partial charge in [0.05, 0.1) is 18.5 Å². The highest BCUT2D eigenvalue weighted by Gasteiger charge is 2.31. The van der Waals surface area contributed by atoms with Gasteiger partial charge in [0, 0.05) is 30.8 Å². The van der Waals surface area contributed by atoms with Gasteiger partial charge >= 0.3 is 0 Å². The second-order valence-electron chi connectivity index (χ2n) is 6.03. The van der Waals surface area contributed by atoms with Crippen molar-refractivity contribution in [2.75, 3.05) is 19.6 Å². The Morgan fingerprint density at radius 3 is 3.00 bits per heavy atom. The number of rotatable bonds is 5. The highest BCUT2D eigenvalue weighted by molar-refractivity contribution is 6.31. The van der Waals surface area contributed by atoms with Crippen molar-refractivity contribution >= 4 is 23.2 Å². The van der Waals surface area contributed by atoms with Crippen molar-refractivity contribution in [2.45, 2.75) is 25.6 Å². The molecule has 0 spiro atoms. The molecule has 0 aliphatic carbocycles. The molecule has 1 fully saturated rings. The molecule has 2 heterocycles. The number of halogens is 2. The van der Waals surface area contributed by atoms with Gasteiger partial charge in [-0.3, -0.25) is 4.90 Å². The molecule has 0 radical (unpaired) electrons. The molecule has 0 bridgehead atoms. The number of ether oxygens (including phenoxy) is 1. The first kappa shape index (κ1) is 18.9. The predicted molar refractivity (Wildman–Crippen MR) is 100 cm³/mol. The molecule has 2 unspecified atom stereocenters. The smallest absolute Gasteiger partial charge is 0.156 e. The number of hydrogen-bond donors (Lipinski definition) is 1. The summed E-state index contributed by atoms with van der Waals surface area (Å²) < 4.78 is 6.19. The Balaban J connectivity index is 1.84. The molecule has 1 aliphatic heterocycles. The number of hydrogen-bond acceptors (Lipinski definition) is 6. The van der Waals surface area contributed by atoms with Crippen molar-refractivity contribution in [3.8, 4) is 11.8 Å². The molecule has 1 N–H and O–H groups in total. The fourth-order valence-electron chi connectivity index (χ4n) is 3.15. The number of nitriles is 1. The van der Waals surface area contributed by atoms with E-state index in [9.17, 15) is 0 Å². The van der Waals surface area contributed by atoms with Crippen LogP contribution in [0, 0.1) is 11.3 Å². The third-order valence-corrected chi connectivity index (χ3v) is 4.88. The molecule has 0 amide bonds. The van der Waals surface area contributed by atoms with Crippen LogP contribution in [-0.4, -0.2) is 41.0 Å². The van der Waals surface area contributed by atoms with Gasteiger partial charge in [-0.05, 0) is 19.1 Å². The van der Waals surface area contributed by atoms with E-state index in [1.165, 1.54) is 0 Å². The minimum absolute atomic E-state index is 0.0395. The minimum Gasteiger partial charge on any atom is -0.475 e. The van der Waals surface area contributed by atoms with E-state index in [-0.39, 0.29) is 12.3 Å². The molecular weight excluding hydrogens is 373 g/mol. The molecule has 26 heavy (non-hydrogen) atoms. The van der Waals surface area contributed by atoms with E-state index in [0.717, 1.165) is 30.0 Å². The van der Waals surface area contributed by atoms with Gasteiger partial charge in [-0.15, -0.1) is 10.2 Å². The molecule has 3 rings (SSSR count). The average Bonchev–Trinajstić information content (AvgIpc) is 2.65. The summed E-state index contributed by atoms with van der Waals surface area (Å²) in [6.07, 6.45) is 0.0915. The highest BCUT2D eigenvalue weighted by atomic mass is 35.5. The molecule has 1 aliphatic rings. The highest BCUT2D eigenvalue weighted by Crippen LogP contribution is 2.31. The van der Waals surface area contributed by atoms with Crippen LogP contribution in [0.1, 0.15) is 24.1 Å². The van der Waals surface area contributed by atoms with Gasteiger partial charge in [-0.25, -0.2) is 0 Å². The SMILES string of the molecule is CC(Oc1ccccc1CC#N)N1CCNCC1c1cc(Cl)nnc1Cl. The van der Waals surface area contributed by atoms with E-state index in [4.69, 9.17) is 33.2 Å². The lowest BCUT2D eigenvalue weighted by Gasteiger charge is -2.40. The second-order valence-corrected chi connectivity index (χ2v) is 6.78. The average molecular weight is 392 g/mol. The normalized spacial score (nSPS) is 18.9. The lowest BCUT2D eigenvalue weighted by atomic mass is 10.1. The molecule has 1 aromatic heterocycles. The summed E-state index contributed by atoms with van der Waals surface area (Å²) >= 11 is 12.3. The largest absolute Gasteiger partial charge is 0.475 e. The summed E-state index contributed by atoms with van der Waals surface area (Å²) in [6, 6.07) is 11.5. The van der Waals surface area contributed by atoms with Crippen LogP contribution in [0.15, 0.2) is 30.3 Å². The third-order valence-electron chi connectivity index (χ3n) is 4.40. The Morgan fingerprint density at radius 2 is 2.19 bits per heavy atom. The van der Waals surface area contributed by atoms with Crippen molar-refractivity contribution in [3.63, 3.8) is 0 Å². The maximum Gasteiger partial charge on any atom is 0.156 e. The molecule has 8 heteroatoms. The van der Waals surface area contributed by atoms with Crippen LogP contribution in [0.25, 0.3) is 0 Å². The van der Waals surface area contributed by atoms with Crippen molar-refractivity contribution < 1.29 is 4.74 Å². The quantitative estimate of drug-likeness (QED) is 0.842. The van der Waals surface area contributed by atoms with Gasteiger partial charge in [0.15, 0.2) is 10.3 Å². The van der Waals surface area contributed by atoms with Crippen LogP contribution < -0.4 is 10.1 Å². The lowest BCUT2D eigenvalue weighted by Crippen LogP contribution is -2.51. The zero-order valence-corrected chi connectivity index (χ0v) is 15.8. The fraction of sp³-hybridized carbons (Fsp3) is 0.389. The topological polar surface area (TPSA) is 74.1 Å². The number of nitrogens with zero attached hydrogens (tertiary/aromatic N) is 4. The summed E-state index contributed by atoms with van der Waals surface area (Å²) in [4.78, 5) is 2.21. The number of benzene rings is 1. The Kier molecular flexibility index (Phi) is 6.28. The van der Waals surface area contributed by atoms with Crippen molar-refractivity contribution in [1.82, 2.24) is 20.4 Å². The summed E-state index contributed by atoms with van der Waals surface area (Å²) in [5.74, 6) is 0.718. The molecule has 136 valence electrons. The maximum absolute atomic E-state index is 9.01. The van der Waals surface area contributed by atoms with E-state index in [1.54, 1.807) is 6.07 Å². The molecule has 0 saturated carbocycles. The molecule has 6 nitrogen and oxygen atoms in total. The fourth-order valence-corrected chi connectivity index (χ4v) is 3.52. The van der Waals surface area contributed by atoms with Crippen molar-refractivity contribution in [3.05, 3.63) is 51.8 Å². The van der Waals surface area contributed by atoms with Crippen LogP contribution in [0.2, 0.25) is 10.3 Å². The molecular formula is C18H19Cl2N5O. The van der Waals surface area contributed by atoms with Gasteiger partial charge in [0.25, 0.3) is 0 Å². The Labute approximate surface area is 162 Å². The maximum atomic E-state index is 9.01. The van der Waals surface area contributed by atoms with Gasteiger partial charge in [0.1, 0.15) is 12.0 Å². The molecule has 2 atom stereocenters. The van der Waals surface area contributed by atoms with Gasteiger partial charge in [0.2, 0.25) is 0 Å². The van der Waals surface area contributed by atoms with E-state index >= 15 is 0 Å². The Hall–Kier alpha value is -1.91. The Bertz CT molecular complexity index is 810. The lowest BCUT2D eigenvalue weighted by molar-refractivity contribution is -0.00628. The molecule has 1 aromatic carbocycles. The Morgan fingerprint density at radius 1 is 1.38 bits per heavy atom. The van der Waals surface area contributed by atoms with Crippen molar-refractivity contribution in [1.29, 1.82) is 5.26 Å². The van der Waals surface area contributed by atoms with Crippen LogP contribution >= 0.6 is 23.2 Å². The van der Waals surface area contributed by atoms with E-state index < -0.39 is 0 Å². The summed E-state index contributed by atoms with van der Waals surface area (Å²) in [7, 11) is 0. The van der Waals surface area contributed by atoms with Gasteiger partial charge < -0.3 is 10.1 Å². The van der Waals surface area contributed by atoms with Crippen LogP contribution in [0.5, 0.6) is 5.75 Å². The van der Waals surface area contributed by atoms with Crippen LogP contribution in [0.4, 0.5) is 0 Å². The first-order valence-corrected chi connectivity index (χ1v) is 9.12. The van der Waals surface area contributed by atoms with Gasteiger partial charge in [-0.1, -0.05) is 41.4 Å². The second kappa shape index (κ2) is 8.65. The van der Waals surface area contributed by atoms with Crippen molar-refractivity contribution in [2.24, 2.45) is 0 Å². The summed E-state index contributed by atoms with van der Waals surface area (Å²) in [5.41, 5.74) is 1.69. The predicted octanol–water partition coefficient (Wildman–Crippen LogP) is 3.22. The number of piperazine rings is 1. The monoisotopic (exact) mass is 391 g/mol. The molecule has 1 saturated heterocycles. The first-order valence-electron chi connectivity index (χ1n) is 8.36. The zero-order valence-electron chi connectivity index (χ0n) is 14.3.